The van der Waals surface area contributed by atoms with Gasteiger partial charge in [0.1, 0.15) is 0 Å². The van der Waals surface area contributed by atoms with Crippen molar-refractivity contribution in [2.75, 3.05) is 5.32 Å². The maximum atomic E-state index is 10.8. The normalized spacial score (nSPS) is 17.5. The predicted octanol–water partition coefficient (Wildman–Crippen LogP) is 4.88. The second-order valence-corrected chi connectivity index (χ2v) is 5.96. The van der Waals surface area contributed by atoms with Crippen LogP contribution in [0.25, 0.3) is 0 Å². The van der Waals surface area contributed by atoms with E-state index < -0.39 is 0 Å². The monoisotopic (exact) mass is 326 g/mol. The lowest BCUT2D eigenvalue weighted by atomic mass is 9.96. The largest absolute Gasteiger partial charge is 0.382 e. The third-order valence-corrected chi connectivity index (χ3v) is 4.26. The molecule has 0 spiro atoms. The van der Waals surface area contributed by atoms with Gasteiger partial charge in [-0.25, -0.2) is 0 Å². The van der Waals surface area contributed by atoms with Crippen LogP contribution < -0.4 is 5.32 Å². The Morgan fingerprint density at radius 3 is 2.37 bits per heavy atom. The number of nitrogens with zero attached hydrogens (tertiary/aromatic N) is 1. The summed E-state index contributed by atoms with van der Waals surface area (Å²) in [6, 6.07) is 5.64. The molecule has 5 heteroatoms. The van der Waals surface area contributed by atoms with Gasteiger partial charge in [0, 0.05) is 17.8 Å². The molecule has 0 unspecified atom stereocenters. The van der Waals surface area contributed by atoms with Gasteiger partial charge in [-0.05, 0) is 40.9 Å². The van der Waals surface area contributed by atoms with Crippen LogP contribution in [0.3, 0.4) is 0 Å². The summed E-state index contributed by atoms with van der Waals surface area (Å²) >= 11 is 3.26. The molecular weight excluding hydrogens is 308 g/mol. The van der Waals surface area contributed by atoms with Gasteiger partial charge >= 0.3 is 0 Å². The molecule has 1 aliphatic rings. The highest BCUT2D eigenvalue weighted by Gasteiger charge is 2.14. The van der Waals surface area contributed by atoms with E-state index in [1.807, 2.05) is 0 Å². The van der Waals surface area contributed by atoms with Crippen LogP contribution in [0.4, 0.5) is 11.4 Å². The summed E-state index contributed by atoms with van der Waals surface area (Å²) in [5, 5.41) is 14.3. The van der Waals surface area contributed by atoms with Crippen molar-refractivity contribution in [3.8, 4) is 0 Å². The lowest BCUT2D eigenvalue weighted by molar-refractivity contribution is -0.385. The van der Waals surface area contributed by atoms with E-state index in [0.717, 1.165) is 5.69 Å². The van der Waals surface area contributed by atoms with Crippen LogP contribution in [0, 0.1) is 10.1 Å². The molecule has 0 bridgehead atoms. The molecule has 2 rings (SSSR count). The molecule has 0 heterocycles. The molecule has 19 heavy (non-hydrogen) atoms. The Morgan fingerprint density at radius 1 is 1.16 bits per heavy atom. The molecule has 1 saturated carbocycles. The van der Waals surface area contributed by atoms with Crippen LogP contribution in [0.1, 0.15) is 44.9 Å². The fourth-order valence-corrected chi connectivity index (χ4v) is 3.10. The third-order valence-electron chi connectivity index (χ3n) is 3.62. The number of anilines is 1. The Labute approximate surface area is 121 Å². The topological polar surface area (TPSA) is 55.2 Å². The lowest BCUT2D eigenvalue weighted by Gasteiger charge is -2.22. The Balaban J connectivity index is 2.01. The number of nitro benzene ring substituents is 1. The molecule has 1 N–H and O–H groups in total. The van der Waals surface area contributed by atoms with Gasteiger partial charge in [0.15, 0.2) is 0 Å². The minimum atomic E-state index is -0.371. The van der Waals surface area contributed by atoms with Gasteiger partial charge in [-0.1, -0.05) is 32.1 Å². The smallest absolute Gasteiger partial charge is 0.283 e. The molecule has 0 atom stereocenters. The van der Waals surface area contributed by atoms with Crippen molar-refractivity contribution < 1.29 is 4.92 Å². The molecule has 1 fully saturated rings. The van der Waals surface area contributed by atoms with Gasteiger partial charge in [0.25, 0.3) is 5.69 Å². The quantitative estimate of drug-likeness (QED) is 0.636. The van der Waals surface area contributed by atoms with Crippen molar-refractivity contribution in [2.24, 2.45) is 0 Å². The number of halogens is 1. The van der Waals surface area contributed by atoms with Crippen molar-refractivity contribution in [1.29, 1.82) is 0 Å². The van der Waals surface area contributed by atoms with Gasteiger partial charge in [-0.2, -0.15) is 0 Å². The van der Waals surface area contributed by atoms with Gasteiger partial charge in [-0.15, -0.1) is 0 Å². The standard InChI is InChI=1S/C14H19BrN2O2/c15-13-10-12(8-9-14(13)17(18)19)16-11-6-4-2-1-3-5-7-11/h8-11,16H,1-7H2. The summed E-state index contributed by atoms with van der Waals surface area (Å²) in [7, 11) is 0. The molecular formula is C14H19BrN2O2. The molecule has 0 amide bonds. The van der Waals surface area contributed by atoms with E-state index in [1.165, 1.54) is 44.9 Å². The zero-order valence-corrected chi connectivity index (χ0v) is 12.5. The minimum absolute atomic E-state index is 0.114. The molecule has 1 aromatic rings. The summed E-state index contributed by atoms with van der Waals surface area (Å²) in [4.78, 5) is 10.4. The van der Waals surface area contributed by atoms with E-state index in [4.69, 9.17) is 0 Å². The molecule has 0 saturated heterocycles. The first-order chi connectivity index (χ1) is 9.16. The maximum absolute atomic E-state index is 10.8. The van der Waals surface area contributed by atoms with Crippen LogP contribution >= 0.6 is 15.9 Å². The number of hydrogen-bond donors (Lipinski definition) is 1. The van der Waals surface area contributed by atoms with E-state index in [-0.39, 0.29) is 10.6 Å². The van der Waals surface area contributed by atoms with Gasteiger partial charge in [-0.3, -0.25) is 10.1 Å². The number of benzene rings is 1. The summed E-state index contributed by atoms with van der Waals surface area (Å²) in [5.41, 5.74) is 1.08. The summed E-state index contributed by atoms with van der Waals surface area (Å²) < 4.78 is 0.536. The molecule has 104 valence electrons. The van der Waals surface area contributed by atoms with E-state index in [2.05, 4.69) is 21.2 Å². The number of rotatable bonds is 3. The fraction of sp³-hybridized carbons (Fsp3) is 0.571. The highest BCUT2D eigenvalue weighted by molar-refractivity contribution is 9.10. The Bertz CT molecular complexity index is 443. The van der Waals surface area contributed by atoms with Crippen molar-refractivity contribution in [2.45, 2.75) is 51.0 Å². The van der Waals surface area contributed by atoms with Gasteiger partial charge in [0.2, 0.25) is 0 Å². The average Bonchev–Trinajstić information content (AvgIpc) is 2.32. The van der Waals surface area contributed by atoms with Crippen LogP contribution in [-0.2, 0) is 0 Å². The Morgan fingerprint density at radius 2 is 1.79 bits per heavy atom. The van der Waals surface area contributed by atoms with Crippen LogP contribution in [0.2, 0.25) is 0 Å². The van der Waals surface area contributed by atoms with Gasteiger partial charge < -0.3 is 5.32 Å². The zero-order chi connectivity index (χ0) is 13.7. The van der Waals surface area contributed by atoms with Crippen LogP contribution in [0.15, 0.2) is 22.7 Å². The van der Waals surface area contributed by atoms with Gasteiger partial charge in [0.05, 0.1) is 9.40 Å². The summed E-state index contributed by atoms with van der Waals surface area (Å²) in [6.07, 6.45) is 8.92. The first-order valence-electron chi connectivity index (χ1n) is 6.87. The Kier molecular flexibility index (Phi) is 5.19. The van der Waals surface area contributed by atoms with Crippen molar-refractivity contribution in [3.05, 3.63) is 32.8 Å². The van der Waals surface area contributed by atoms with Crippen LogP contribution in [-0.4, -0.2) is 11.0 Å². The first kappa shape index (κ1) is 14.3. The zero-order valence-electron chi connectivity index (χ0n) is 10.9. The van der Waals surface area contributed by atoms with E-state index in [0.29, 0.717) is 10.5 Å². The second-order valence-electron chi connectivity index (χ2n) is 5.11. The highest BCUT2D eigenvalue weighted by Crippen LogP contribution is 2.29. The molecule has 0 aromatic heterocycles. The molecule has 0 aliphatic heterocycles. The third kappa shape index (κ3) is 4.20. The van der Waals surface area contributed by atoms with Crippen molar-refractivity contribution in [3.63, 3.8) is 0 Å². The van der Waals surface area contributed by atoms with E-state index in [1.54, 1.807) is 18.2 Å². The maximum Gasteiger partial charge on any atom is 0.283 e. The predicted molar refractivity (Wildman–Crippen MR) is 80.5 cm³/mol. The number of nitro groups is 1. The first-order valence-corrected chi connectivity index (χ1v) is 7.66. The lowest BCUT2D eigenvalue weighted by Crippen LogP contribution is -2.20. The highest BCUT2D eigenvalue weighted by atomic mass is 79.9. The molecule has 1 aromatic carbocycles. The number of hydrogen-bond acceptors (Lipinski definition) is 3. The number of nitrogens with one attached hydrogen (secondary N) is 1. The molecule has 1 aliphatic carbocycles. The van der Waals surface area contributed by atoms with E-state index in [9.17, 15) is 10.1 Å². The van der Waals surface area contributed by atoms with Crippen molar-refractivity contribution >= 4 is 27.3 Å². The van der Waals surface area contributed by atoms with E-state index >= 15 is 0 Å². The van der Waals surface area contributed by atoms with Crippen molar-refractivity contribution in [1.82, 2.24) is 0 Å². The summed E-state index contributed by atoms with van der Waals surface area (Å²) in [5.74, 6) is 0. The summed E-state index contributed by atoms with van der Waals surface area (Å²) in [6.45, 7) is 0. The fourth-order valence-electron chi connectivity index (χ4n) is 2.58. The average molecular weight is 327 g/mol. The minimum Gasteiger partial charge on any atom is -0.382 e. The molecule has 4 nitrogen and oxygen atoms in total. The second kappa shape index (κ2) is 6.89. The van der Waals surface area contributed by atoms with Crippen LogP contribution in [0.5, 0.6) is 0 Å². The Hall–Kier alpha value is -1.10. The molecule has 0 radical (unpaired) electrons. The SMILES string of the molecule is O=[N+]([O-])c1ccc(NC2CCCCCCC2)cc1Br.